The van der Waals surface area contributed by atoms with Crippen LogP contribution >= 0.6 is 11.8 Å². The van der Waals surface area contributed by atoms with E-state index in [0.717, 1.165) is 25.1 Å². The van der Waals surface area contributed by atoms with Gasteiger partial charge in [0.2, 0.25) is 5.91 Å². The number of aliphatic hydroxyl groups excluding tert-OH is 1. The Hall–Kier alpha value is -0.480. The predicted octanol–water partition coefficient (Wildman–Crippen LogP) is 0.891. The van der Waals surface area contributed by atoms with Gasteiger partial charge in [0, 0.05) is 18.8 Å². The highest BCUT2D eigenvalue weighted by Gasteiger charge is 2.12. The van der Waals surface area contributed by atoms with E-state index in [9.17, 15) is 4.79 Å². The van der Waals surface area contributed by atoms with Crippen molar-refractivity contribution in [3.05, 3.63) is 12.2 Å². The van der Waals surface area contributed by atoms with E-state index in [-0.39, 0.29) is 12.5 Å². The lowest BCUT2D eigenvalue weighted by atomic mass is 10.2. The average Bonchev–Trinajstić information content (AvgIpc) is 2.20. The smallest absolute Gasteiger partial charge is 0.232 e. The van der Waals surface area contributed by atoms with Crippen LogP contribution in [0.4, 0.5) is 0 Å². The van der Waals surface area contributed by atoms with Gasteiger partial charge in [-0.3, -0.25) is 4.79 Å². The standard InChI is InChI=1S/C10H17NO2S/c12-7-6-11-5-3-1-2-4-8-14-9-10(11)13/h2,4,12H,1,3,5-9H2/b4-2-. The molecule has 0 fully saturated rings. The van der Waals surface area contributed by atoms with Gasteiger partial charge in [-0.15, -0.1) is 11.8 Å². The van der Waals surface area contributed by atoms with Crippen molar-refractivity contribution in [3.8, 4) is 0 Å². The molecule has 1 rings (SSSR count). The number of carbonyl (C=O) groups excluding carboxylic acids is 1. The number of nitrogens with zero attached hydrogens (tertiary/aromatic N) is 1. The maximum atomic E-state index is 11.6. The number of allylic oxidation sites excluding steroid dienone is 1. The van der Waals surface area contributed by atoms with Crippen molar-refractivity contribution >= 4 is 17.7 Å². The molecule has 0 bridgehead atoms. The molecule has 0 saturated heterocycles. The average molecular weight is 215 g/mol. The van der Waals surface area contributed by atoms with Crippen molar-refractivity contribution in [2.75, 3.05) is 31.2 Å². The third-order valence-electron chi connectivity index (χ3n) is 2.13. The first kappa shape index (κ1) is 11.6. The van der Waals surface area contributed by atoms with Gasteiger partial charge in [-0.25, -0.2) is 0 Å². The Labute approximate surface area is 89.2 Å². The molecule has 1 N–H and O–H groups in total. The number of hydrogen-bond donors (Lipinski definition) is 1. The summed E-state index contributed by atoms with van der Waals surface area (Å²) in [6.07, 6.45) is 6.31. The van der Waals surface area contributed by atoms with E-state index in [1.807, 2.05) is 0 Å². The van der Waals surface area contributed by atoms with Crippen molar-refractivity contribution in [1.29, 1.82) is 0 Å². The van der Waals surface area contributed by atoms with Gasteiger partial charge >= 0.3 is 0 Å². The number of β-amino-alcohol motifs (C(OH)–C–C–N with tert-alkyl or cyclic N) is 1. The summed E-state index contributed by atoms with van der Waals surface area (Å²) >= 11 is 1.63. The van der Waals surface area contributed by atoms with Gasteiger partial charge in [0.15, 0.2) is 0 Å². The van der Waals surface area contributed by atoms with Crippen LogP contribution in [0.5, 0.6) is 0 Å². The number of amides is 1. The molecule has 80 valence electrons. The molecule has 0 spiro atoms. The van der Waals surface area contributed by atoms with Crippen molar-refractivity contribution in [2.24, 2.45) is 0 Å². The summed E-state index contributed by atoms with van der Waals surface area (Å²) in [6, 6.07) is 0. The Morgan fingerprint density at radius 2 is 2.36 bits per heavy atom. The Morgan fingerprint density at radius 3 is 3.14 bits per heavy atom. The molecule has 3 nitrogen and oxygen atoms in total. The SMILES string of the molecule is O=C1CSC/C=C\CCCN1CCO. The Bertz CT molecular complexity index is 206. The van der Waals surface area contributed by atoms with Crippen LogP contribution in [0.2, 0.25) is 0 Å². The van der Waals surface area contributed by atoms with E-state index in [1.165, 1.54) is 0 Å². The summed E-state index contributed by atoms with van der Waals surface area (Å²) < 4.78 is 0. The van der Waals surface area contributed by atoms with Gasteiger partial charge in [0.1, 0.15) is 0 Å². The van der Waals surface area contributed by atoms with Crippen molar-refractivity contribution in [3.63, 3.8) is 0 Å². The van der Waals surface area contributed by atoms with Crippen LogP contribution in [0.3, 0.4) is 0 Å². The largest absolute Gasteiger partial charge is 0.395 e. The van der Waals surface area contributed by atoms with Gasteiger partial charge in [0.05, 0.1) is 12.4 Å². The van der Waals surface area contributed by atoms with Gasteiger partial charge in [-0.2, -0.15) is 0 Å². The van der Waals surface area contributed by atoms with Crippen LogP contribution in [0, 0.1) is 0 Å². The lowest BCUT2D eigenvalue weighted by Gasteiger charge is -2.21. The highest BCUT2D eigenvalue weighted by atomic mass is 32.2. The summed E-state index contributed by atoms with van der Waals surface area (Å²) in [5, 5.41) is 8.81. The first-order chi connectivity index (χ1) is 6.84. The monoisotopic (exact) mass is 215 g/mol. The zero-order valence-electron chi connectivity index (χ0n) is 8.32. The van der Waals surface area contributed by atoms with Crippen LogP contribution in [0.25, 0.3) is 0 Å². The van der Waals surface area contributed by atoms with Gasteiger partial charge in [-0.05, 0) is 12.8 Å². The molecule has 0 aromatic carbocycles. The quantitative estimate of drug-likeness (QED) is 0.695. The van der Waals surface area contributed by atoms with E-state index in [0.29, 0.717) is 12.3 Å². The van der Waals surface area contributed by atoms with Crippen molar-refractivity contribution in [2.45, 2.75) is 12.8 Å². The van der Waals surface area contributed by atoms with Crippen LogP contribution < -0.4 is 0 Å². The second-order valence-corrected chi connectivity index (χ2v) is 4.26. The first-order valence-electron chi connectivity index (χ1n) is 4.96. The lowest BCUT2D eigenvalue weighted by molar-refractivity contribution is -0.128. The topological polar surface area (TPSA) is 40.5 Å². The normalized spacial score (nSPS) is 22.1. The summed E-state index contributed by atoms with van der Waals surface area (Å²) in [7, 11) is 0. The molecule has 14 heavy (non-hydrogen) atoms. The molecule has 1 aliphatic heterocycles. The minimum atomic E-state index is 0.0618. The fourth-order valence-electron chi connectivity index (χ4n) is 1.37. The molecule has 0 saturated carbocycles. The number of hydrogen-bond acceptors (Lipinski definition) is 3. The Kier molecular flexibility index (Phi) is 5.71. The van der Waals surface area contributed by atoms with Gasteiger partial charge in [0.25, 0.3) is 0 Å². The maximum Gasteiger partial charge on any atom is 0.232 e. The molecule has 0 radical (unpaired) electrons. The first-order valence-corrected chi connectivity index (χ1v) is 6.11. The highest BCUT2D eigenvalue weighted by molar-refractivity contribution is 8.00. The molecule has 0 aromatic rings. The third-order valence-corrected chi connectivity index (χ3v) is 3.01. The second-order valence-electron chi connectivity index (χ2n) is 3.23. The third kappa shape index (κ3) is 4.15. The molecular weight excluding hydrogens is 198 g/mol. The zero-order chi connectivity index (χ0) is 10.2. The van der Waals surface area contributed by atoms with Crippen molar-refractivity contribution < 1.29 is 9.90 Å². The Balaban J connectivity index is 2.45. The minimum Gasteiger partial charge on any atom is -0.395 e. The molecule has 0 unspecified atom stereocenters. The summed E-state index contributed by atoms with van der Waals surface area (Å²) in [5.74, 6) is 1.60. The molecule has 1 heterocycles. The number of rotatable bonds is 2. The number of aliphatic hydroxyl groups is 1. The molecule has 4 heteroatoms. The van der Waals surface area contributed by atoms with Crippen LogP contribution in [-0.2, 0) is 4.79 Å². The highest BCUT2D eigenvalue weighted by Crippen LogP contribution is 2.07. The van der Waals surface area contributed by atoms with Gasteiger partial charge in [-0.1, -0.05) is 12.2 Å². The van der Waals surface area contributed by atoms with E-state index < -0.39 is 0 Å². The van der Waals surface area contributed by atoms with E-state index in [1.54, 1.807) is 16.7 Å². The Morgan fingerprint density at radius 1 is 1.50 bits per heavy atom. The second kappa shape index (κ2) is 6.90. The summed E-state index contributed by atoms with van der Waals surface area (Å²) in [6.45, 7) is 1.31. The number of thioether (sulfide) groups is 1. The zero-order valence-corrected chi connectivity index (χ0v) is 9.13. The van der Waals surface area contributed by atoms with Crippen LogP contribution in [-0.4, -0.2) is 47.1 Å². The summed E-state index contributed by atoms with van der Waals surface area (Å²) in [5.41, 5.74) is 0. The fraction of sp³-hybridized carbons (Fsp3) is 0.700. The van der Waals surface area contributed by atoms with E-state index >= 15 is 0 Å². The fourth-order valence-corrected chi connectivity index (χ4v) is 2.12. The van der Waals surface area contributed by atoms with E-state index in [2.05, 4.69) is 12.2 Å². The molecule has 0 aliphatic carbocycles. The predicted molar refractivity (Wildman–Crippen MR) is 59.4 cm³/mol. The number of carbonyl (C=O) groups is 1. The molecule has 0 atom stereocenters. The lowest BCUT2D eigenvalue weighted by Crippen LogP contribution is -2.35. The molecule has 1 amide bonds. The molecule has 1 aliphatic rings. The van der Waals surface area contributed by atoms with Gasteiger partial charge < -0.3 is 10.0 Å². The van der Waals surface area contributed by atoms with Crippen LogP contribution in [0.15, 0.2) is 12.2 Å². The molecule has 0 aromatic heterocycles. The minimum absolute atomic E-state index is 0.0618. The molecular formula is C10H17NO2S. The van der Waals surface area contributed by atoms with E-state index in [4.69, 9.17) is 5.11 Å². The van der Waals surface area contributed by atoms with Crippen LogP contribution in [0.1, 0.15) is 12.8 Å². The van der Waals surface area contributed by atoms with Crippen molar-refractivity contribution in [1.82, 2.24) is 4.90 Å². The summed E-state index contributed by atoms with van der Waals surface area (Å²) in [4.78, 5) is 13.3. The maximum absolute atomic E-state index is 11.6.